The molecule has 0 heterocycles. The molecule has 0 aliphatic heterocycles. The zero-order valence-corrected chi connectivity index (χ0v) is 7.61. The molecule has 1 unspecified atom stereocenters. The first-order valence-electron chi connectivity index (χ1n) is 0.924. The molecule has 0 bridgehead atoms. The molecule has 0 radical (unpaired) electrons. The number of hydrogen-bond donors (Lipinski definition) is 1. The third-order valence-corrected chi connectivity index (χ3v) is 0.428. The van der Waals surface area contributed by atoms with E-state index < -0.39 is 11.4 Å². The Morgan fingerprint density at radius 3 is 2.17 bits per heavy atom. The van der Waals surface area contributed by atoms with Crippen molar-refractivity contribution in [3.8, 4) is 0 Å². The Balaban J connectivity index is -0.0000000800. The van der Waals surface area contributed by atoms with Gasteiger partial charge in [-0.15, -0.1) is 0 Å². The van der Waals surface area contributed by atoms with E-state index >= 15 is 0 Å². The maximum absolute atomic E-state index is 9.26. The second-order valence-corrected chi connectivity index (χ2v) is 1.15. The van der Waals surface area contributed by atoms with Crippen LogP contribution in [0.3, 0.4) is 0 Å². The van der Waals surface area contributed by atoms with Crippen LogP contribution in [0.4, 0.5) is 0 Å². The quantitative estimate of drug-likeness (QED) is 0.306. The summed E-state index contributed by atoms with van der Waals surface area (Å²) in [4.78, 5) is 0. The van der Waals surface area contributed by atoms with Gasteiger partial charge < -0.3 is 1.43 Å². The van der Waals surface area contributed by atoms with Gasteiger partial charge in [0.15, 0.2) is 0 Å². The Morgan fingerprint density at radius 2 is 2.17 bits per heavy atom. The Morgan fingerprint density at radius 1 is 2.00 bits per heavy atom. The fraction of sp³-hybridized carbons (Fsp3) is 1.00. The molecule has 6 heavy (non-hydrogen) atoms. The van der Waals surface area contributed by atoms with Crippen molar-refractivity contribution in [1.29, 1.82) is 0 Å². The van der Waals surface area contributed by atoms with E-state index in [-0.39, 0.29) is 52.8 Å². The maximum atomic E-state index is 9.26. The van der Waals surface area contributed by atoms with Crippen LogP contribution in [0.2, 0.25) is 0 Å². The molecule has 0 aromatic heterocycles. The van der Waals surface area contributed by atoms with E-state index in [1.807, 2.05) is 0 Å². The van der Waals surface area contributed by atoms with Gasteiger partial charge in [-0.3, -0.25) is 8.74 Å². The Bertz CT molecular complexity index is 50.2. The van der Waals surface area contributed by atoms with Crippen LogP contribution < -0.4 is 51.4 Å². The fourth-order valence-corrected chi connectivity index (χ4v) is 0. The first-order chi connectivity index (χ1) is 2.27. The molecule has 0 saturated carbocycles. The van der Waals surface area contributed by atoms with Gasteiger partial charge in [0.2, 0.25) is 0 Å². The van der Waals surface area contributed by atoms with Gasteiger partial charge in [-0.1, -0.05) is 0 Å². The molecule has 0 amide bonds. The minimum absolute atomic E-state index is 0. The third-order valence-electron chi connectivity index (χ3n) is 0.143. The molecule has 0 aliphatic carbocycles. The van der Waals surface area contributed by atoms with Crippen molar-refractivity contribution in [3.63, 3.8) is 0 Å². The molecule has 1 N–H and O–H groups in total. The summed E-state index contributed by atoms with van der Waals surface area (Å²) in [7, 11) is 1.15. The maximum Gasteiger partial charge on any atom is 1.00 e. The van der Waals surface area contributed by atoms with Gasteiger partial charge >= 0.3 is 62.7 Å². The zero-order valence-electron chi connectivity index (χ0n) is 4.67. The smallest absolute Gasteiger partial charge is 1.00 e. The van der Waals surface area contributed by atoms with Crippen molar-refractivity contribution in [1.82, 2.24) is 0 Å². The van der Waals surface area contributed by atoms with Crippen LogP contribution in [0, 0.1) is 0 Å². The van der Waals surface area contributed by atoms with Crippen LogP contribution in [-0.2, 0) is 15.5 Å². The van der Waals surface area contributed by atoms with E-state index in [1.54, 1.807) is 0 Å². The van der Waals surface area contributed by atoms with E-state index in [4.69, 9.17) is 4.55 Å². The molecule has 0 aromatic rings. The van der Waals surface area contributed by atoms with Crippen LogP contribution in [0.1, 0.15) is 1.43 Å². The fourth-order valence-electron chi connectivity index (χ4n) is 0. The van der Waals surface area contributed by atoms with Crippen molar-refractivity contribution in [2.75, 3.05) is 7.11 Å². The number of rotatable bonds is 1. The SMILES string of the molecule is COS(=O)O.[H-].[K+]. The summed E-state index contributed by atoms with van der Waals surface area (Å²) in [6.07, 6.45) is 0. The predicted molar refractivity (Wildman–Crippen MR) is 18.9 cm³/mol. The van der Waals surface area contributed by atoms with Gasteiger partial charge in [0.1, 0.15) is 0 Å². The molecule has 0 aliphatic rings. The normalized spacial score (nSPS) is 12.3. The number of hydrogen-bond acceptors (Lipinski definition) is 2. The van der Waals surface area contributed by atoms with Gasteiger partial charge in [-0.2, -0.15) is 4.21 Å². The second kappa shape index (κ2) is 6.71. The summed E-state index contributed by atoms with van der Waals surface area (Å²) in [6, 6.07) is 0. The van der Waals surface area contributed by atoms with Crippen LogP contribution in [0.15, 0.2) is 0 Å². The Kier molecular flexibility index (Phi) is 11.9. The molecule has 0 spiro atoms. The average molecular weight is 136 g/mol. The van der Waals surface area contributed by atoms with Crippen LogP contribution >= 0.6 is 0 Å². The standard InChI is InChI=1S/CH4O3S.K.H/c1-4-5(2)3;;/h1H3,(H,2,3);;/q;+1;-1. The van der Waals surface area contributed by atoms with Crippen molar-refractivity contribution in [3.05, 3.63) is 0 Å². The Hall–Kier alpha value is 1.71. The third kappa shape index (κ3) is 9.20. The summed E-state index contributed by atoms with van der Waals surface area (Å²) in [5.74, 6) is 0. The molecule has 0 saturated heterocycles. The predicted octanol–water partition coefficient (Wildman–Crippen LogP) is -3.11. The molecule has 5 heteroatoms. The van der Waals surface area contributed by atoms with Crippen LogP contribution in [-0.4, -0.2) is 15.9 Å². The molecule has 0 aromatic carbocycles. The minimum Gasteiger partial charge on any atom is -1.00 e. The van der Waals surface area contributed by atoms with Crippen molar-refractivity contribution < 1.29 is 65.8 Å². The average Bonchev–Trinajstić information content (AvgIpc) is 1.38. The van der Waals surface area contributed by atoms with Crippen molar-refractivity contribution >= 4 is 11.4 Å². The van der Waals surface area contributed by atoms with E-state index in [1.165, 1.54) is 0 Å². The Labute approximate surface area is 82.8 Å². The molecule has 1 atom stereocenters. The summed E-state index contributed by atoms with van der Waals surface area (Å²) < 4.78 is 20.6. The molecule has 34 valence electrons. The van der Waals surface area contributed by atoms with Gasteiger partial charge in [0.05, 0.1) is 7.11 Å². The van der Waals surface area contributed by atoms with Crippen molar-refractivity contribution in [2.45, 2.75) is 0 Å². The summed E-state index contributed by atoms with van der Waals surface area (Å²) in [5.41, 5.74) is 0. The zero-order chi connectivity index (χ0) is 4.28. The van der Waals surface area contributed by atoms with E-state index in [0.717, 1.165) is 7.11 Å². The second-order valence-electron chi connectivity index (χ2n) is 0.384. The first kappa shape index (κ1) is 10.6. The summed E-state index contributed by atoms with van der Waals surface area (Å²) in [6.45, 7) is 0. The van der Waals surface area contributed by atoms with E-state index in [0.29, 0.717) is 0 Å². The molecular formula is CH5KO3S. The van der Waals surface area contributed by atoms with E-state index in [2.05, 4.69) is 4.18 Å². The molecule has 0 fully saturated rings. The largest absolute Gasteiger partial charge is 1.00 e. The van der Waals surface area contributed by atoms with Crippen LogP contribution in [0.5, 0.6) is 0 Å². The molecule has 3 nitrogen and oxygen atoms in total. The van der Waals surface area contributed by atoms with E-state index in [9.17, 15) is 4.21 Å². The van der Waals surface area contributed by atoms with Gasteiger partial charge in [0, 0.05) is 0 Å². The van der Waals surface area contributed by atoms with Gasteiger partial charge in [-0.25, -0.2) is 0 Å². The molecular weight excluding hydrogens is 131 g/mol. The first-order valence-corrected chi connectivity index (χ1v) is 1.96. The topological polar surface area (TPSA) is 46.5 Å². The molecule has 0 rings (SSSR count). The monoisotopic (exact) mass is 136 g/mol. The van der Waals surface area contributed by atoms with Crippen molar-refractivity contribution in [2.24, 2.45) is 0 Å². The summed E-state index contributed by atoms with van der Waals surface area (Å²) in [5, 5.41) is 0. The summed E-state index contributed by atoms with van der Waals surface area (Å²) >= 11 is -2.07. The minimum atomic E-state index is -2.07. The van der Waals surface area contributed by atoms with Gasteiger partial charge in [0.25, 0.3) is 0 Å². The van der Waals surface area contributed by atoms with Crippen LogP contribution in [0.25, 0.3) is 0 Å². The van der Waals surface area contributed by atoms with Gasteiger partial charge in [-0.05, 0) is 0 Å².